The summed E-state index contributed by atoms with van der Waals surface area (Å²) in [5.41, 5.74) is 5.88. The molecule has 0 saturated carbocycles. The monoisotopic (exact) mass is 198 g/mol. The molecule has 0 spiro atoms. The average Bonchev–Trinajstić information content (AvgIpc) is 2.09. The largest absolute Gasteiger partial charge is 0.330 e. The molecule has 0 saturated heterocycles. The highest BCUT2D eigenvalue weighted by Gasteiger charge is 2.27. The zero-order valence-electron chi connectivity index (χ0n) is 10.4. The summed E-state index contributed by atoms with van der Waals surface area (Å²) in [5.74, 6) is 0.522. The zero-order chi connectivity index (χ0) is 11.4. The molecule has 0 amide bonds. The van der Waals surface area contributed by atoms with Crippen LogP contribution in [0.25, 0.3) is 0 Å². The Labute approximate surface area is 89.2 Å². The number of rotatable bonds is 5. The van der Waals surface area contributed by atoms with Crippen molar-refractivity contribution in [2.75, 3.05) is 13.1 Å². The van der Waals surface area contributed by atoms with Gasteiger partial charge in [-0.3, -0.25) is 4.90 Å². The van der Waals surface area contributed by atoms with Crippen molar-refractivity contribution < 1.29 is 0 Å². The van der Waals surface area contributed by atoms with E-state index in [4.69, 9.17) is 5.73 Å². The first-order valence-electron chi connectivity index (χ1n) is 5.42. The first-order chi connectivity index (χ1) is 6.34. The van der Waals surface area contributed by atoms with Gasteiger partial charge in [-0.25, -0.2) is 0 Å². The normalized spacial score (nSPS) is 16.8. The summed E-state index contributed by atoms with van der Waals surface area (Å²) >= 11 is 0. The fourth-order valence-electron chi connectivity index (χ4n) is 1.69. The SMILES string of the molecule is C=CCN(C(C)C(C)CN)C(C)(C)C. The molecule has 0 aromatic carbocycles. The van der Waals surface area contributed by atoms with Crippen molar-refractivity contribution in [2.45, 2.75) is 46.2 Å². The van der Waals surface area contributed by atoms with E-state index in [0.717, 1.165) is 13.1 Å². The summed E-state index contributed by atoms with van der Waals surface area (Å²) < 4.78 is 0. The van der Waals surface area contributed by atoms with Gasteiger partial charge in [-0.15, -0.1) is 6.58 Å². The topological polar surface area (TPSA) is 29.3 Å². The van der Waals surface area contributed by atoms with Crippen LogP contribution in [-0.4, -0.2) is 29.6 Å². The minimum Gasteiger partial charge on any atom is -0.330 e. The van der Waals surface area contributed by atoms with Crippen LogP contribution >= 0.6 is 0 Å². The molecule has 0 aromatic rings. The summed E-state index contributed by atoms with van der Waals surface area (Å²) in [5, 5.41) is 0. The number of hydrogen-bond donors (Lipinski definition) is 1. The van der Waals surface area contributed by atoms with E-state index in [0.29, 0.717) is 12.0 Å². The molecule has 0 aliphatic rings. The lowest BCUT2D eigenvalue weighted by molar-refractivity contribution is 0.0780. The molecule has 0 heterocycles. The fourth-order valence-corrected chi connectivity index (χ4v) is 1.69. The molecule has 14 heavy (non-hydrogen) atoms. The molecular weight excluding hydrogens is 172 g/mol. The molecule has 0 aromatic heterocycles. The van der Waals surface area contributed by atoms with Gasteiger partial charge in [0.2, 0.25) is 0 Å². The van der Waals surface area contributed by atoms with E-state index in [1.807, 2.05) is 6.08 Å². The number of hydrogen-bond acceptors (Lipinski definition) is 2. The van der Waals surface area contributed by atoms with Crippen LogP contribution in [0.4, 0.5) is 0 Å². The van der Waals surface area contributed by atoms with Gasteiger partial charge in [0.25, 0.3) is 0 Å². The maximum absolute atomic E-state index is 5.70. The van der Waals surface area contributed by atoms with Crippen LogP contribution in [0.3, 0.4) is 0 Å². The smallest absolute Gasteiger partial charge is 0.0168 e. The van der Waals surface area contributed by atoms with Crippen LogP contribution in [0.2, 0.25) is 0 Å². The van der Waals surface area contributed by atoms with Gasteiger partial charge in [-0.1, -0.05) is 13.0 Å². The molecular formula is C12H26N2. The average molecular weight is 198 g/mol. The lowest BCUT2D eigenvalue weighted by Gasteiger charge is -2.42. The van der Waals surface area contributed by atoms with E-state index in [1.54, 1.807) is 0 Å². The van der Waals surface area contributed by atoms with Crippen molar-refractivity contribution in [3.63, 3.8) is 0 Å². The Morgan fingerprint density at radius 1 is 1.36 bits per heavy atom. The first-order valence-corrected chi connectivity index (χ1v) is 5.42. The molecule has 0 radical (unpaired) electrons. The molecule has 0 aliphatic carbocycles. The van der Waals surface area contributed by atoms with Gasteiger partial charge in [0.05, 0.1) is 0 Å². The molecule has 0 fully saturated rings. The van der Waals surface area contributed by atoms with E-state index < -0.39 is 0 Å². The standard InChI is InChI=1S/C12H26N2/c1-7-8-14(12(4,5)6)11(3)10(2)9-13/h7,10-11H,1,8-9,13H2,2-6H3. The Balaban J connectivity index is 4.56. The van der Waals surface area contributed by atoms with Crippen LogP contribution < -0.4 is 5.73 Å². The summed E-state index contributed by atoms with van der Waals surface area (Å²) in [6, 6.07) is 0.498. The van der Waals surface area contributed by atoms with Gasteiger partial charge in [-0.2, -0.15) is 0 Å². The third-order valence-corrected chi connectivity index (χ3v) is 2.87. The predicted octanol–water partition coefficient (Wildman–Crippen LogP) is 2.26. The van der Waals surface area contributed by atoms with Crippen LogP contribution in [-0.2, 0) is 0 Å². The first kappa shape index (κ1) is 13.7. The Hall–Kier alpha value is -0.340. The lowest BCUT2D eigenvalue weighted by atomic mass is 9.96. The van der Waals surface area contributed by atoms with Crippen molar-refractivity contribution >= 4 is 0 Å². The third-order valence-electron chi connectivity index (χ3n) is 2.87. The predicted molar refractivity (Wildman–Crippen MR) is 64.3 cm³/mol. The quantitative estimate of drug-likeness (QED) is 0.687. The molecule has 0 aliphatic heterocycles. The van der Waals surface area contributed by atoms with Crippen molar-refractivity contribution in [1.82, 2.24) is 4.90 Å². The molecule has 2 unspecified atom stereocenters. The molecule has 2 nitrogen and oxygen atoms in total. The summed E-state index contributed by atoms with van der Waals surface area (Å²) in [4.78, 5) is 2.44. The van der Waals surface area contributed by atoms with Gasteiger partial charge < -0.3 is 5.73 Å². The van der Waals surface area contributed by atoms with Crippen LogP contribution in [0.15, 0.2) is 12.7 Å². The summed E-state index contributed by atoms with van der Waals surface area (Å²) in [6.07, 6.45) is 1.96. The molecule has 2 N–H and O–H groups in total. The highest BCUT2D eigenvalue weighted by atomic mass is 15.2. The van der Waals surface area contributed by atoms with E-state index in [9.17, 15) is 0 Å². The molecule has 0 rings (SSSR count). The number of nitrogens with two attached hydrogens (primary N) is 1. The Morgan fingerprint density at radius 2 is 1.86 bits per heavy atom. The number of nitrogens with zero attached hydrogens (tertiary/aromatic N) is 1. The maximum Gasteiger partial charge on any atom is 0.0168 e. The van der Waals surface area contributed by atoms with E-state index >= 15 is 0 Å². The fraction of sp³-hybridized carbons (Fsp3) is 0.833. The minimum absolute atomic E-state index is 0.178. The lowest BCUT2D eigenvalue weighted by Crippen LogP contribution is -2.50. The van der Waals surface area contributed by atoms with Gasteiger partial charge in [-0.05, 0) is 40.2 Å². The van der Waals surface area contributed by atoms with E-state index in [-0.39, 0.29) is 5.54 Å². The zero-order valence-corrected chi connectivity index (χ0v) is 10.4. The van der Waals surface area contributed by atoms with E-state index in [2.05, 4.69) is 46.1 Å². The van der Waals surface area contributed by atoms with E-state index in [1.165, 1.54) is 0 Å². The van der Waals surface area contributed by atoms with Crippen molar-refractivity contribution in [2.24, 2.45) is 11.7 Å². The van der Waals surface area contributed by atoms with Crippen LogP contribution in [0.5, 0.6) is 0 Å². The minimum atomic E-state index is 0.178. The van der Waals surface area contributed by atoms with Gasteiger partial charge in [0, 0.05) is 18.1 Å². The van der Waals surface area contributed by atoms with Crippen LogP contribution in [0.1, 0.15) is 34.6 Å². The molecule has 84 valence electrons. The van der Waals surface area contributed by atoms with Gasteiger partial charge in [0.15, 0.2) is 0 Å². The van der Waals surface area contributed by atoms with Crippen molar-refractivity contribution in [1.29, 1.82) is 0 Å². The van der Waals surface area contributed by atoms with Crippen molar-refractivity contribution in [3.8, 4) is 0 Å². The second-order valence-corrected chi connectivity index (χ2v) is 5.07. The highest BCUT2D eigenvalue weighted by Crippen LogP contribution is 2.20. The van der Waals surface area contributed by atoms with Crippen molar-refractivity contribution in [3.05, 3.63) is 12.7 Å². The Morgan fingerprint density at radius 3 is 2.14 bits per heavy atom. The molecule has 2 atom stereocenters. The maximum atomic E-state index is 5.70. The molecule has 0 bridgehead atoms. The Bertz CT molecular complexity index is 170. The van der Waals surface area contributed by atoms with Gasteiger partial charge >= 0.3 is 0 Å². The van der Waals surface area contributed by atoms with Crippen LogP contribution in [0, 0.1) is 5.92 Å². The molecule has 2 heteroatoms. The van der Waals surface area contributed by atoms with Gasteiger partial charge in [0.1, 0.15) is 0 Å². The summed E-state index contributed by atoms with van der Waals surface area (Å²) in [7, 11) is 0. The Kier molecular flexibility index (Phi) is 5.38. The summed E-state index contributed by atoms with van der Waals surface area (Å²) in [6.45, 7) is 16.6. The second kappa shape index (κ2) is 5.52. The third kappa shape index (κ3) is 3.81. The highest BCUT2D eigenvalue weighted by molar-refractivity contribution is 4.88. The second-order valence-electron chi connectivity index (χ2n) is 5.07.